The van der Waals surface area contributed by atoms with Crippen LogP contribution in [0.3, 0.4) is 0 Å². The SMILES string of the molecule is CN1C/C=C/CCCCN2CCCCc3cc(Cl)ccc3COc3ccc(cc32)[C@@](C)(C=O)CC1=O. The number of nitrogens with zero attached hydrogens (tertiary/aromatic N) is 2. The lowest BCUT2D eigenvalue weighted by Gasteiger charge is -2.30. The number of carbonyl (C=O) groups is 2. The van der Waals surface area contributed by atoms with E-state index in [9.17, 15) is 9.59 Å². The van der Waals surface area contributed by atoms with Gasteiger partial charge in [0.15, 0.2) is 0 Å². The molecule has 2 aliphatic heterocycles. The quantitative estimate of drug-likeness (QED) is 0.344. The van der Waals surface area contributed by atoms with Crippen molar-refractivity contribution in [2.45, 2.75) is 63.9 Å². The summed E-state index contributed by atoms with van der Waals surface area (Å²) in [6.07, 6.45) is 11.5. The van der Waals surface area contributed by atoms with Crippen molar-refractivity contribution in [3.63, 3.8) is 0 Å². The van der Waals surface area contributed by atoms with E-state index < -0.39 is 5.41 Å². The van der Waals surface area contributed by atoms with E-state index in [1.165, 1.54) is 5.56 Å². The summed E-state index contributed by atoms with van der Waals surface area (Å²) in [6, 6.07) is 12.0. The van der Waals surface area contributed by atoms with Gasteiger partial charge >= 0.3 is 0 Å². The second-order valence-electron chi connectivity index (χ2n) is 10.3. The second kappa shape index (κ2) is 12.0. The van der Waals surface area contributed by atoms with Gasteiger partial charge in [-0.25, -0.2) is 0 Å². The number of hydrogen-bond acceptors (Lipinski definition) is 4. The summed E-state index contributed by atoms with van der Waals surface area (Å²) in [5, 5.41) is 0.755. The number of benzene rings is 2. The fourth-order valence-corrected chi connectivity index (χ4v) is 5.21. The molecule has 0 N–H and O–H groups in total. The van der Waals surface area contributed by atoms with E-state index in [0.29, 0.717) is 13.2 Å². The monoisotopic (exact) mass is 508 g/mol. The molecule has 0 saturated heterocycles. The number of halogens is 1. The van der Waals surface area contributed by atoms with Gasteiger partial charge in [-0.1, -0.05) is 35.9 Å². The topological polar surface area (TPSA) is 49.9 Å². The van der Waals surface area contributed by atoms with E-state index in [0.717, 1.165) is 85.5 Å². The largest absolute Gasteiger partial charge is 0.487 e. The molecule has 0 fully saturated rings. The van der Waals surface area contributed by atoms with Crippen LogP contribution in [-0.4, -0.2) is 43.8 Å². The van der Waals surface area contributed by atoms with Crippen LogP contribution in [0.4, 0.5) is 5.69 Å². The molecule has 2 heterocycles. The van der Waals surface area contributed by atoms with Gasteiger partial charge in [-0.15, -0.1) is 0 Å². The molecule has 5 nitrogen and oxygen atoms in total. The van der Waals surface area contributed by atoms with Gasteiger partial charge in [0, 0.05) is 38.1 Å². The number of carbonyl (C=O) groups excluding carboxylic acids is 2. The van der Waals surface area contributed by atoms with E-state index >= 15 is 0 Å². The predicted octanol–water partition coefficient (Wildman–Crippen LogP) is 6.11. The van der Waals surface area contributed by atoms with Crippen LogP contribution in [0, 0.1) is 0 Å². The molecule has 1 atom stereocenters. The molecule has 0 spiro atoms. The smallest absolute Gasteiger partial charge is 0.223 e. The molecule has 6 heteroatoms. The highest BCUT2D eigenvalue weighted by Crippen LogP contribution is 2.37. The number of rotatable bonds is 1. The van der Waals surface area contributed by atoms with Gasteiger partial charge in [-0.05, 0) is 86.4 Å². The summed E-state index contributed by atoms with van der Waals surface area (Å²) in [6.45, 7) is 4.71. The minimum atomic E-state index is -0.911. The van der Waals surface area contributed by atoms with E-state index in [1.807, 2.05) is 25.1 Å². The maximum Gasteiger partial charge on any atom is 0.223 e. The maximum absolute atomic E-state index is 13.0. The summed E-state index contributed by atoms with van der Waals surface area (Å²) in [7, 11) is 1.80. The molecule has 2 aromatic carbocycles. The Kier molecular flexibility index (Phi) is 8.73. The number of allylic oxidation sites excluding steroid dienone is 1. The minimum absolute atomic E-state index is 0.0380. The molecular weight excluding hydrogens is 472 g/mol. The lowest BCUT2D eigenvalue weighted by molar-refractivity contribution is -0.132. The summed E-state index contributed by atoms with van der Waals surface area (Å²) >= 11 is 6.29. The molecule has 192 valence electrons. The molecule has 1 amide bonds. The van der Waals surface area contributed by atoms with Crippen molar-refractivity contribution in [3.05, 3.63) is 70.3 Å². The van der Waals surface area contributed by atoms with Crippen LogP contribution in [-0.2, 0) is 28.0 Å². The molecule has 36 heavy (non-hydrogen) atoms. The van der Waals surface area contributed by atoms with Crippen molar-refractivity contribution < 1.29 is 14.3 Å². The first-order valence-corrected chi connectivity index (χ1v) is 13.4. The van der Waals surface area contributed by atoms with Crippen LogP contribution >= 0.6 is 11.6 Å². The summed E-state index contributed by atoms with van der Waals surface area (Å²) in [5.74, 6) is 0.770. The average Bonchev–Trinajstić information content (AvgIpc) is 2.90. The van der Waals surface area contributed by atoms with Gasteiger partial charge in [0.05, 0.1) is 11.1 Å². The maximum atomic E-state index is 13.0. The highest BCUT2D eigenvalue weighted by Gasteiger charge is 2.32. The van der Waals surface area contributed by atoms with Crippen molar-refractivity contribution in [1.29, 1.82) is 0 Å². The Hall–Kier alpha value is -2.79. The van der Waals surface area contributed by atoms with Crippen LogP contribution in [0.5, 0.6) is 5.75 Å². The number of amides is 1. The van der Waals surface area contributed by atoms with E-state index in [1.54, 1.807) is 11.9 Å². The van der Waals surface area contributed by atoms with Gasteiger partial charge in [-0.2, -0.15) is 0 Å². The molecule has 0 aromatic heterocycles. The number of anilines is 1. The zero-order chi connectivity index (χ0) is 25.5. The van der Waals surface area contributed by atoms with Crippen molar-refractivity contribution in [2.75, 3.05) is 31.6 Å². The Bertz CT molecular complexity index is 1120. The Morgan fingerprint density at radius 1 is 1.00 bits per heavy atom. The van der Waals surface area contributed by atoms with Crippen molar-refractivity contribution >= 4 is 29.5 Å². The molecule has 2 aliphatic rings. The zero-order valence-electron chi connectivity index (χ0n) is 21.5. The first-order valence-electron chi connectivity index (χ1n) is 13.0. The zero-order valence-corrected chi connectivity index (χ0v) is 22.2. The minimum Gasteiger partial charge on any atom is -0.487 e. The number of aldehydes is 1. The number of aryl methyl sites for hydroxylation is 1. The Morgan fingerprint density at radius 3 is 2.61 bits per heavy atom. The standard InChI is InChI=1S/C30H37ClN2O3/c1-30(22-34)20-29(35)32(2)15-7-4-3-5-8-16-33-17-9-6-10-23-18-26(31)13-11-24(23)21-36-28-14-12-25(30)19-27(28)33/h4,7,11-14,18-19,22H,3,5-6,8-10,15-17,20-21H2,1-2H3/b7-4+/t30-/m1/s1. The third-order valence-corrected chi connectivity index (χ3v) is 7.67. The lowest BCUT2D eigenvalue weighted by atomic mass is 9.80. The molecule has 4 rings (SSSR count). The first-order chi connectivity index (χ1) is 17.4. The molecule has 2 aromatic rings. The molecule has 0 radical (unpaired) electrons. The average molecular weight is 509 g/mol. The van der Waals surface area contributed by atoms with Gasteiger partial charge in [0.2, 0.25) is 5.91 Å². The number of likely N-dealkylation sites (N-methyl/N-ethyl adjacent to an activating group) is 1. The lowest BCUT2D eigenvalue weighted by Crippen LogP contribution is -2.35. The Balaban J connectivity index is 1.74. The number of ether oxygens (including phenoxy) is 1. The fraction of sp³-hybridized carbons (Fsp3) is 0.467. The fourth-order valence-electron chi connectivity index (χ4n) is 5.01. The highest BCUT2D eigenvalue weighted by molar-refractivity contribution is 6.30. The number of hydrogen-bond donors (Lipinski definition) is 0. The van der Waals surface area contributed by atoms with E-state index in [4.69, 9.17) is 16.3 Å². The molecule has 0 aliphatic carbocycles. The van der Waals surface area contributed by atoms with Crippen molar-refractivity contribution in [3.8, 4) is 5.75 Å². The molecular formula is C30H37ClN2O3. The van der Waals surface area contributed by atoms with Crippen LogP contribution in [0.25, 0.3) is 0 Å². The van der Waals surface area contributed by atoms with Crippen molar-refractivity contribution in [2.24, 2.45) is 0 Å². The number of fused-ring (bicyclic) bond motifs is 2. The molecule has 2 bridgehead atoms. The molecule has 0 saturated carbocycles. The van der Waals surface area contributed by atoms with Gasteiger partial charge < -0.3 is 19.3 Å². The highest BCUT2D eigenvalue weighted by atomic mass is 35.5. The van der Waals surface area contributed by atoms with Crippen LogP contribution in [0.1, 0.15) is 62.1 Å². The van der Waals surface area contributed by atoms with E-state index in [-0.39, 0.29) is 12.3 Å². The third-order valence-electron chi connectivity index (χ3n) is 7.43. The van der Waals surface area contributed by atoms with Crippen LogP contribution in [0.15, 0.2) is 48.6 Å². The predicted molar refractivity (Wildman–Crippen MR) is 146 cm³/mol. The normalized spacial score (nSPS) is 22.8. The van der Waals surface area contributed by atoms with Crippen molar-refractivity contribution in [1.82, 2.24) is 4.90 Å². The Morgan fingerprint density at radius 2 is 1.81 bits per heavy atom. The van der Waals surface area contributed by atoms with Crippen LogP contribution < -0.4 is 9.64 Å². The van der Waals surface area contributed by atoms with E-state index in [2.05, 4.69) is 35.3 Å². The Labute approximate surface area is 220 Å². The summed E-state index contributed by atoms with van der Waals surface area (Å²) in [4.78, 5) is 29.5. The van der Waals surface area contributed by atoms with Gasteiger partial charge in [0.25, 0.3) is 0 Å². The summed E-state index contributed by atoms with van der Waals surface area (Å²) in [5.41, 5.74) is 3.33. The first kappa shape index (κ1) is 26.3. The van der Waals surface area contributed by atoms with Gasteiger partial charge in [0.1, 0.15) is 18.6 Å². The third kappa shape index (κ3) is 6.31. The second-order valence-corrected chi connectivity index (χ2v) is 10.7. The van der Waals surface area contributed by atoms with Gasteiger partial charge in [-0.3, -0.25) is 4.79 Å². The molecule has 0 unspecified atom stereocenters. The summed E-state index contributed by atoms with van der Waals surface area (Å²) < 4.78 is 6.41. The van der Waals surface area contributed by atoms with Crippen LogP contribution in [0.2, 0.25) is 5.02 Å².